The van der Waals surface area contributed by atoms with E-state index < -0.39 is 17.6 Å². The highest BCUT2D eigenvalue weighted by Crippen LogP contribution is 2.32. The minimum Gasteiger partial charge on any atom is -0.459 e. The average molecular weight is 540 g/mol. The average Bonchev–Trinajstić information content (AvgIpc) is 3.23. The second-order valence-electron chi connectivity index (χ2n) is 6.46. The molecule has 30 heavy (non-hydrogen) atoms. The number of aliphatic imine (C=N–C) groups is 1. The molecule has 1 fully saturated rings. The molecule has 0 spiro atoms. The number of carbonyl (C=O) groups excluding carboxylic acids is 1. The number of carbonyl (C=O) groups is 1. The zero-order valence-electron chi connectivity index (χ0n) is 16.1. The van der Waals surface area contributed by atoms with E-state index in [0.717, 1.165) is 12.1 Å². The molecule has 1 amide bonds. The van der Waals surface area contributed by atoms with Gasteiger partial charge in [0.15, 0.2) is 11.7 Å². The Bertz CT molecular complexity index is 879. The molecule has 0 atom stereocenters. The molecule has 6 nitrogen and oxygen atoms in total. The Kier molecular flexibility index (Phi) is 8.10. The fraction of sp³-hybridized carbons (Fsp3) is 0.368. The van der Waals surface area contributed by atoms with E-state index in [1.165, 1.54) is 13.3 Å². The van der Waals surface area contributed by atoms with E-state index in [-0.39, 0.29) is 47.8 Å². The molecule has 3 rings (SSSR count). The maximum atomic E-state index is 13.2. The lowest BCUT2D eigenvalue weighted by Gasteiger charge is -2.36. The quantitative estimate of drug-likeness (QED) is 0.280. The standard InChI is InChI=1S/C19H20F4N4O2.HI/c1-24-18(25-12-13-4-5-14(20)11-15(13)19(21,22)23)27-8-6-26(7-9-27)17(28)16-3-2-10-29-16;/h2-5,10-11H,6-9,12H2,1H3,(H,24,25);1H. The summed E-state index contributed by atoms with van der Waals surface area (Å²) in [7, 11) is 1.53. The molecule has 1 saturated heterocycles. The minimum absolute atomic E-state index is 0. The molecule has 1 aromatic carbocycles. The van der Waals surface area contributed by atoms with E-state index in [4.69, 9.17) is 4.42 Å². The van der Waals surface area contributed by atoms with Crippen LogP contribution in [0.3, 0.4) is 0 Å². The molecular formula is C19H21F4IN4O2. The second-order valence-corrected chi connectivity index (χ2v) is 6.46. The number of rotatable bonds is 3. The SMILES string of the molecule is CN=C(NCc1ccc(F)cc1C(F)(F)F)N1CCN(C(=O)c2ccco2)CC1.I. The molecule has 0 saturated carbocycles. The molecule has 1 aliphatic rings. The Morgan fingerprint density at radius 2 is 1.83 bits per heavy atom. The summed E-state index contributed by atoms with van der Waals surface area (Å²) in [6.07, 6.45) is -3.22. The Hall–Kier alpha value is -2.31. The molecule has 11 heteroatoms. The van der Waals surface area contributed by atoms with Crippen LogP contribution in [-0.4, -0.2) is 54.9 Å². The van der Waals surface area contributed by atoms with Crippen molar-refractivity contribution in [1.29, 1.82) is 0 Å². The van der Waals surface area contributed by atoms with Gasteiger partial charge in [-0.3, -0.25) is 9.79 Å². The Morgan fingerprint density at radius 3 is 2.40 bits per heavy atom. The summed E-state index contributed by atoms with van der Waals surface area (Å²) in [4.78, 5) is 19.9. The number of amides is 1. The van der Waals surface area contributed by atoms with E-state index in [1.807, 2.05) is 4.90 Å². The Balaban J connectivity index is 0.00000320. The van der Waals surface area contributed by atoms with Crippen LogP contribution in [0.25, 0.3) is 0 Å². The normalized spacial score (nSPS) is 15.0. The van der Waals surface area contributed by atoms with Crippen LogP contribution in [0.4, 0.5) is 17.6 Å². The summed E-state index contributed by atoms with van der Waals surface area (Å²) in [6.45, 7) is 1.60. The maximum Gasteiger partial charge on any atom is 0.416 e. The summed E-state index contributed by atoms with van der Waals surface area (Å²) in [5.41, 5.74) is -1.10. The van der Waals surface area contributed by atoms with Crippen molar-refractivity contribution in [3.05, 3.63) is 59.3 Å². The zero-order chi connectivity index (χ0) is 21.0. The lowest BCUT2D eigenvalue weighted by molar-refractivity contribution is -0.138. The van der Waals surface area contributed by atoms with Gasteiger partial charge in [0.2, 0.25) is 0 Å². The number of hydrogen-bond donors (Lipinski definition) is 1. The molecule has 0 unspecified atom stereocenters. The lowest BCUT2D eigenvalue weighted by Crippen LogP contribution is -2.53. The molecule has 0 bridgehead atoms. The van der Waals surface area contributed by atoms with Gasteiger partial charge in [0.25, 0.3) is 5.91 Å². The second kappa shape index (κ2) is 10.1. The highest BCUT2D eigenvalue weighted by Gasteiger charge is 2.34. The van der Waals surface area contributed by atoms with Crippen molar-refractivity contribution in [3.63, 3.8) is 0 Å². The summed E-state index contributed by atoms with van der Waals surface area (Å²) >= 11 is 0. The van der Waals surface area contributed by atoms with E-state index in [1.54, 1.807) is 17.0 Å². The van der Waals surface area contributed by atoms with Crippen LogP contribution in [0, 0.1) is 5.82 Å². The van der Waals surface area contributed by atoms with E-state index in [2.05, 4.69) is 10.3 Å². The molecule has 1 aromatic heterocycles. The van der Waals surface area contributed by atoms with Crippen molar-refractivity contribution in [2.75, 3.05) is 33.2 Å². The van der Waals surface area contributed by atoms with Crippen molar-refractivity contribution < 1.29 is 26.8 Å². The van der Waals surface area contributed by atoms with Crippen LogP contribution in [-0.2, 0) is 12.7 Å². The number of furan rings is 1. The van der Waals surface area contributed by atoms with Gasteiger partial charge in [-0.2, -0.15) is 13.2 Å². The van der Waals surface area contributed by atoms with Gasteiger partial charge < -0.3 is 19.5 Å². The number of piperazine rings is 1. The summed E-state index contributed by atoms with van der Waals surface area (Å²) in [5, 5.41) is 2.89. The topological polar surface area (TPSA) is 61.1 Å². The maximum absolute atomic E-state index is 13.2. The first-order valence-corrected chi connectivity index (χ1v) is 8.93. The molecule has 164 valence electrons. The Morgan fingerprint density at radius 1 is 1.17 bits per heavy atom. The smallest absolute Gasteiger partial charge is 0.416 e. The number of nitrogens with zero attached hydrogens (tertiary/aromatic N) is 3. The van der Waals surface area contributed by atoms with E-state index in [0.29, 0.717) is 38.2 Å². The van der Waals surface area contributed by atoms with Crippen LogP contribution in [0.2, 0.25) is 0 Å². The first kappa shape index (κ1) is 24.0. The third-order valence-corrected chi connectivity index (χ3v) is 4.62. The fourth-order valence-electron chi connectivity index (χ4n) is 3.15. The zero-order valence-corrected chi connectivity index (χ0v) is 18.4. The van der Waals surface area contributed by atoms with Gasteiger partial charge in [-0.15, -0.1) is 24.0 Å². The van der Waals surface area contributed by atoms with Crippen LogP contribution < -0.4 is 5.32 Å². The number of halogens is 5. The molecular weight excluding hydrogens is 519 g/mol. The number of alkyl halides is 3. The van der Waals surface area contributed by atoms with Gasteiger partial charge in [-0.25, -0.2) is 4.39 Å². The van der Waals surface area contributed by atoms with Gasteiger partial charge in [-0.1, -0.05) is 6.07 Å². The minimum atomic E-state index is -4.65. The van der Waals surface area contributed by atoms with Crippen molar-refractivity contribution in [2.24, 2.45) is 4.99 Å². The fourth-order valence-corrected chi connectivity index (χ4v) is 3.15. The summed E-state index contributed by atoms with van der Waals surface area (Å²) < 4.78 is 57.8. The molecule has 2 heterocycles. The Labute approximate surface area is 187 Å². The van der Waals surface area contributed by atoms with Crippen molar-refractivity contribution in [2.45, 2.75) is 12.7 Å². The highest BCUT2D eigenvalue weighted by atomic mass is 127. The molecule has 1 N–H and O–H groups in total. The summed E-state index contributed by atoms with van der Waals surface area (Å²) in [5.74, 6) is -0.481. The van der Waals surface area contributed by atoms with Gasteiger partial charge in [0.05, 0.1) is 11.8 Å². The van der Waals surface area contributed by atoms with Crippen LogP contribution in [0.1, 0.15) is 21.7 Å². The van der Waals surface area contributed by atoms with Crippen molar-refractivity contribution in [1.82, 2.24) is 15.1 Å². The third-order valence-electron chi connectivity index (χ3n) is 4.62. The van der Waals surface area contributed by atoms with E-state index >= 15 is 0 Å². The first-order valence-electron chi connectivity index (χ1n) is 8.93. The molecule has 2 aromatic rings. The van der Waals surface area contributed by atoms with E-state index in [9.17, 15) is 22.4 Å². The van der Waals surface area contributed by atoms with Crippen LogP contribution in [0.5, 0.6) is 0 Å². The molecule has 0 radical (unpaired) electrons. The van der Waals surface area contributed by atoms with Crippen molar-refractivity contribution in [3.8, 4) is 0 Å². The number of nitrogens with one attached hydrogen (secondary N) is 1. The van der Waals surface area contributed by atoms with Gasteiger partial charge >= 0.3 is 6.18 Å². The number of benzene rings is 1. The summed E-state index contributed by atoms with van der Waals surface area (Å²) in [6, 6.07) is 5.82. The number of hydrogen-bond acceptors (Lipinski definition) is 3. The van der Waals surface area contributed by atoms with Gasteiger partial charge in [0.1, 0.15) is 5.82 Å². The van der Waals surface area contributed by atoms with Crippen LogP contribution in [0.15, 0.2) is 46.0 Å². The predicted octanol–water partition coefficient (Wildman–Crippen LogP) is 3.59. The molecule has 1 aliphatic heterocycles. The lowest BCUT2D eigenvalue weighted by atomic mass is 10.1. The third kappa shape index (κ3) is 5.64. The van der Waals surface area contributed by atoms with Gasteiger partial charge in [0, 0.05) is 39.8 Å². The predicted molar refractivity (Wildman–Crippen MR) is 113 cm³/mol. The largest absolute Gasteiger partial charge is 0.459 e. The van der Waals surface area contributed by atoms with Crippen LogP contribution >= 0.6 is 24.0 Å². The van der Waals surface area contributed by atoms with Crippen molar-refractivity contribution >= 4 is 35.8 Å². The highest BCUT2D eigenvalue weighted by molar-refractivity contribution is 14.0. The molecule has 0 aliphatic carbocycles. The first-order chi connectivity index (χ1) is 13.8. The van der Waals surface area contributed by atoms with Gasteiger partial charge in [-0.05, 0) is 29.8 Å². The monoisotopic (exact) mass is 540 g/mol. The number of guanidine groups is 1.